The van der Waals surface area contributed by atoms with E-state index in [1.165, 1.54) is 11.8 Å². The summed E-state index contributed by atoms with van der Waals surface area (Å²) in [6.45, 7) is 3.05. The predicted molar refractivity (Wildman–Crippen MR) is 63.6 cm³/mol. The molecule has 2 aromatic heterocycles. The molecule has 0 saturated heterocycles. The molecule has 0 unspecified atom stereocenters. The van der Waals surface area contributed by atoms with Crippen LogP contribution in [0.2, 0.25) is 0 Å². The van der Waals surface area contributed by atoms with Crippen LogP contribution >= 0.6 is 11.8 Å². The summed E-state index contributed by atoms with van der Waals surface area (Å²) in [6, 6.07) is 3.93. The number of hydrogen-bond donors (Lipinski definition) is 1. The third-order valence-electron chi connectivity index (χ3n) is 1.90. The van der Waals surface area contributed by atoms with Crippen LogP contribution < -0.4 is 5.32 Å². The molecule has 0 aliphatic carbocycles. The van der Waals surface area contributed by atoms with Crippen LogP contribution in [0.15, 0.2) is 45.3 Å². The van der Waals surface area contributed by atoms with Crippen molar-refractivity contribution in [1.29, 1.82) is 0 Å². The second-order valence-electron chi connectivity index (χ2n) is 3.20. The summed E-state index contributed by atoms with van der Waals surface area (Å²) in [5.41, 5.74) is 0. The van der Waals surface area contributed by atoms with Crippen molar-refractivity contribution in [1.82, 2.24) is 9.97 Å². The Balaban J connectivity index is 2.04. The van der Waals surface area contributed by atoms with Crippen molar-refractivity contribution < 1.29 is 4.42 Å². The maximum atomic E-state index is 5.17. The van der Waals surface area contributed by atoms with E-state index in [4.69, 9.17) is 4.42 Å². The monoisotopic (exact) mass is 235 g/mol. The van der Waals surface area contributed by atoms with E-state index in [-0.39, 0.29) is 0 Å². The Labute approximate surface area is 98.5 Å². The highest BCUT2D eigenvalue weighted by Gasteiger charge is 2.02. The van der Waals surface area contributed by atoms with Gasteiger partial charge in [-0.2, -0.15) is 0 Å². The van der Waals surface area contributed by atoms with Gasteiger partial charge in [0.1, 0.15) is 12.1 Å². The fourth-order valence-corrected chi connectivity index (χ4v) is 1.90. The van der Waals surface area contributed by atoms with Crippen LogP contribution in [0.5, 0.6) is 0 Å². The van der Waals surface area contributed by atoms with Crippen LogP contribution in [-0.2, 0) is 0 Å². The first-order chi connectivity index (χ1) is 7.88. The van der Waals surface area contributed by atoms with Gasteiger partial charge in [0.15, 0.2) is 0 Å². The Hall–Kier alpha value is -1.49. The Morgan fingerprint density at radius 1 is 1.38 bits per heavy atom. The van der Waals surface area contributed by atoms with Crippen molar-refractivity contribution in [3.05, 3.63) is 30.8 Å². The fraction of sp³-hybridized carbons (Fsp3) is 0.273. The highest BCUT2D eigenvalue weighted by molar-refractivity contribution is 7.99. The van der Waals surface area contributed by atoms with E-state index >= 15 is 0 Å². The summed E-state index contributed by atoms with van der Waals surface area (Å²) < 4.78 is 5.17. The van der Waals surface area contributed by atoms with Gasteiger partial charge in [0.25, 0.3) is 5.22 Å². The van der Waals surface area contributed by atoms with Crippen molar-refractivity contribution in [2.45, 2.75) is 23.5 Å². The number of pyridine rings is 1. The quantitative estimate of drug-likeness (QED) is 0.863. The van der Waals surface area contributed by atoms with Gasteiger partial charge in [-0.1, -0.05) is 6.92 Å². The molecule has 0 spiro atoms. The maximum Gasteiger partial charge on any atom is 0.260 e. The fourth-order valence-electron chi connectivity index (χ4n) is 1.19. The minimum absolute atomic E-state index is 0.646. The van der Waals surface area contributed by atoms with Gasteiger partial charge < -0.3 is 9.73 Å². The Kier molecular flexibility index (Phi) is 3.82. The molecule has 5 heteroatoms. The maximum absolute atomic E-state index is 5.17. The SMILES string of the molecule is CCCNc1cc(Sc2ncco2)ccn1. The predicted octanol–water partition coefficient (Wildman–Crippen LogP) is 3.04. The Morgan fingerprint density at radius 2 is 2.31 bits per heavy atom. The van der Waals surface area contributed by atoms with Crippen LogP contribution in [0.1, 0.15) is 13.3 Å². The average molecular weight is 235 g/mol. The van der Waals surface area contributed by atoms with Crippen LogP contribution in [0, 0.1) is 0 Å². The molecule has 0 bridgehead atoms. The summed E-state index contributed by atoms with van der Waals surface area (Å²) in [5, 5.41) is 3.88. The van der Waals surface area contributed by atoms with E-state index in [1.54, 1.807) is 18.7 Å². The second-order valence-corrected chi connectivity index (χ2v) is 4.23. The van der Waals surface area contributed by atoms with Crippen molar-refractivity contribution >= 4 is 17.6 Å². The summed E-state index contributed by atoms with van der Waals surface area (Å²) in [5.74, 6) is 0.887. The number of nitrogens with zero attached hydrogens (tertiary/aromatic N) is 2. The van der Waals surface area contributed by atoms with Crippen LogP contribution in [0.3, 0.4) is 0 Å². The molecule has 84 valence electrons. The molecule has 1 N–H and O–H groups in total. The average Bonchev–Trinajstić information content (AvgIpc) is 2.80. The van der Waals surface area contributed by atoms with Crippen molar-refractivity contribution in [3.63, 3.8) is 0 Å². The first kappa shape index (κ1) is 11.0. The van der Waals surface area contributed by atoms with Crippen molar-refractivity contribution in [2.24, 2.45) is 0 Å². The molecule has 0 fully saturated rings. The number of oxazole rings is 1. The Morgan fingerprint density at radius 3 is 3.06 bits per heavy atom. The zero-order valence-corrected chi connectivity index (χ0v) is 9.83. The first-order valence-electron chi connectivity index (χ1n) is 5.16. The molecule has 0 aliphatic rings. The summed E-state index contributed by atoms with van der Waals surface area (Å²) in [6.07, 6.45) is 6.07. The normalized spacial score (nSPS) is 10.3. The molecule has 2 aromatic rings. The van der Waals surface area contributed by atoms with E-state index in [9.17, 15) is 0 Å². The number of hydrogen-bond acceptors (Lipinski definition) is 5. The number of anilines is 1. The van der Waals surface area contributed by atoms with E-state index < -0.39 is 0 Å². The zero-order valence-electron chi connectivity index (χ0n) is 9.01. The third kappa shape index (κ3) is 3.00. The smallest absolute Gasteiger partial charge is 0.260 e. The van der Waals surface area contributed by atoms with Gasteiger partial charge in [0.05, 0.1) is 6.20 Å². The van der Waals surface area contributed by atoms with Crippen LogP contribution in [0.25, 0.3) is 0 Å². The van der Waals surface area contributed by atoms with Crippen LogP contribution in [-0.4, -0.2) is 16.5 Å². The molecule has 2 heterocycles. The molecular formula is C11H13N3OS. The number of aromatic nitrogens is 2. The third-order valence-corrected chi connectivity index (χ3v) is 2.77. The molecule has 0 saturated carbocycles. The van der Waals surface area contributed by atoms with Crippen molar-refractivity contribution in [3.8, 4) is 0 Å². The molecular weight excluding hydrogens is 222 g/mol. The Bertz CT molecular complexity index is 431. The van der Waals surface area contributed by atoms with Crippen LogP contribution in [0.4, 0.5) is 5.82 Å². The standard InChI is InChI=1S/C11H13N3OS/c1-2-4-12-10-8-9(3-5-13-10)16-11-14-6-7-15-11/h3,5-8H,2,4H2,1H3,(H,12,13). The lowest BCUT2D eigenvalue weighted by Crippen LogP contribution is -2.01. The van der Waals surface area contributed by atoms with Crippen molar-refractivity contribution in [2.75, 3.05) is 11.9 Å². The highest BCUT2D eigenvalue weighted by atomic mass is 32.2. The molecule has 0 amide bonds. The van der Waals surface area contributed by atoms with E-state index in [1.807, 2.05) is 12.1 Å². The lowest BCUT2D eigenvalue weighted by atomic mass is 10.4. The van der Waals surface area contributed by atoms with Gasteiger partial charge in [-0.15, -0.1) is 0 Å². The van der Waals surface area contributed by atoms with Gasteiger partial charge in [-0.05, 0) is 30.3 Å². The van der Waals surface area contributed by atoms with Gasteiger partial charge in [0, 0.05) is 17.6 Å². The summed E-state index contributed by atoms with van der Waals surface area (Å²) in [4.78, 5) is 9.36. The highest BCUT2D eigenvalue weighted by Crippen LogP contribution is 2.26. The molecule has 0 atom stereocenters. The van der Waals surface area contributed by atoms with Gasteiger partial charge in [-0.25, -0.2) is 9.97 Å². The molecule has 0 aliphatic heterocycles. The summed E-state index contributed by atoms with van der Waals surface area (Å²) in [7, 11) is 0. The molecule has 0 radical (unpaired) electrons. The zero-order chi connectivity index (χ0) is 11.2. The van der Waals surface area contributed by atoms with Gasteiger partial charge >= 0.3 is 0 Å². The molecule has 16 heavy (non-hydrogen) atoms. The largest absolute Gasteiger partial charge is 0.440 e. The molecule has 2 rings (SSSR count). The minimum atomic E-state index is 0.646. The molecule has 0 aromatic carbocycles. The topological polar surface area (TPSA) is 51.0 Å². The van der Waals surface area contributed by atoms with E-state index in [0.29, 0.717) is 5.22 Å². The molecule has 4 nitrogen and oxygen atoms in total. The summed E-state index contributed by atoms with van der Waals surface area (Å²) >= 11 is 1.48. The lowest BCUT2D eigenvalue weighted by molar-refractivity contribution is 0.454. The lowest BCUT2D eigenvalue weighted by Gasteiger charge is -2.04. The van der Waals surface area contributed by atoms with Gasteiger partial charge in [-0.3, -0.25) is 0 Å². The van der Waals surface area contributed by atoms with Gasteiger partial charge in [0.2, 0.25) is 0 Å². The minimum Gasteiger partial charge on any atom is -0.440 e. The number of rotatable bonds is 5. The second kappa shape index (κ2) is 5.55. The van der Waals surface area contributed by atoms with E-state index in [2.05, 4.69) is 22.2 Å². The number of nitrogens with one attached hydrogen (secondary N) is 1. The van der Waals surface area contributed by atoms with E-state index in [0.717, 1.165) is 23.7 Å². The first-order valence-corrected chi connectivity index (χ1v) is 5.97.